The summed E-state index contributed by atoms with van der Waals surface area (Å²) in [7, 11) is 0. The lowest BCUT2D eigenvalue weighted by atomic mass is 9.84. The highest BCUT2D eigenvalue weighted by Gasteiger charge is 2.30. The maximum atomic E-state index is 12.9. The zero-order chi connectivity index (χ0) is 22.6. The Morgan fingerprint density at radius 2 is 2.09 bits per heavy atom. The van der Waals surface area contributed by atoms with Gasteiger partial charge < -0.3 is 15.4 Å². The highest BCUT2D eigenvalue weighted by molar-refractivity contribution is 6.33. The number of piperidine rings is 1. The molecule has 2 aromatic rings. The largest absolute Gasteiger partial charge is 0.381 e. The lowest BCUT2D eigenvalue weighted by Gasteiger charge is -2.35. The average Bonchev–Trinajstić information content (AvgIpc) is 2.80. The fourth-order valence-corrected chi connectivity index (χ4v) is 4.58. The number of ketones is 1. The Bertz CT molecular complexity index is 933. The number of rotatable bonds is 7. The summed E-state index contributed by atoms with van der Waals surface area (Å²) in [5.41, 5.74) is 2.44. The van der Waals surface area contributed by atoms with Crippen LogP contribution in [0.3, 0.4) is 0 Å². The highest BCUT2D eigenvalue weighted by atomic mass is 35.5. The van der Waals surface area contributed by atoms with E-state index in [9.17, 15) is 4.79 Å². The molecule has 1 atom stereocenters. The first-order valence-corrected chi connectivity index (χ1v) is 12.0. The molecule has 4 heterocycles. The van der Waals surface area contributed by atoms with Crippen LogP contribution in [0.2, 0.25) is 5.02 Å². The first-order valence-electron chi connectivity index (χ1n) is 11.6. The molecule has 4 rings (SSSR count). The van der Waals surface area contributed by atoms with Crippen LogP contribution >= 0.6 is 11.6 Å². The summed E-state index contributed by atoms with van der Waals surface area (Å²) < 4.78 is 5.44. The first-order chi connectivity index (χ1) is 15.4. The molecular weight excluding hydrogens is 424 g/mol. The predicted octanol–water partition coefficient (Wildman–Crippen LogP) is 4.53. The van der Waals surface area contributed by atoms with Gasteiger partial charge in [-0.25, -0.2) is 4.98 Å². The Kier molecular flexibility index (Phi) is 7.44. The van der Waals surface area contributed by atoms with Crippen molar-refractivity contribution in [2.45, 2.75) is 51.5 Å². The van der Waals surface area contributed by atoms with Gasteiger partial charge in [0.25, 0.3) is 0 Å². The third-order valence-electron chi connectivity index (χ3n) is 6.61. The molecule has 0 radical (unpaired) electrons. The van der Waals surface area contributed by atoms with Crippen molar-refractivity contribution in [3.63, 3.8) is 0 Å². The Hall–Kier alpha value is -2.02. The van der Waals surface area contributed by atoms with Gasteiger partial charge in [-0.05, 0) is 63.6 Å². The Balaban J connectivity index is 1.42. The molecule has 32 heavy (non-hydrogen) atoms. The maximum absolute atomic E-state index is 12.9. The van der Waals surface area contributed by atoms with Gasteiger partial charge in [-0.3, -0.25) is 9.78 Å². The van der Waals surface area contributed by atoms with E-state index in [0.29, 0.717) is 17.4 Å². The van der Waals surface area contributed by atoms with Gasteiger partial charge in [-0.1, -0.05) is 17.7 Å². The van der Waals surface area contributed by atoms with Crippen molar-refractivity contribution >= 4 is 23.2 Å². The summed E-state index contributed by atoms with van der Waals surface area (Å²) in [6.45, 7) is 7.65. The molecule has 1 unspecified atom stereocenters. The van der Waals surface area contributed by atoms with E-state index in [2.05, 4.69) is 29.5 Å². The van der Waals surface area contributed by atoms with E-state index in [-0.39, 0.29) is 17.2 Å². The minimum Gasteiger partial charge on any atom is -0.381 e. The van der Waals surface area contributed by atoms with Crippen LogP contribution in [0.25, 0.3) is 11.3 Å². The number of nitrogens with one attached hydrogen (secondary N) is 2. The number of carbonyl (C=O) groups excluding carboxylic acids is 1. The van der Waals surface area contributed by atoms with Crippen LogP contribution in [0, 0.1) is 11.8 Å². The third-order valence-corrected chi connectivity index (χ3v) is 6.91. The molecule has 2 aliphatic heterocycles. The summed E-state index contributed by atoms with van der Waals surface area (Å²) in [4.78, 5) is 22.0. The molecule has 0 aromatic carbocycles. The summed E-state index contributed by atoms with van der Waals surface area (Å²) in [5.74, 6) is 1.71. The van der Waals surface area contributed by atoms with Crippen LogP contribution in [0.4, 0.5) is 5.82 Å². The normalized spacial score (nSPS) is 21.3. The third kappa shape index (κ3) is 6.06. The van der Waals surface area contributed by atoms with E-state index in [0.717, 1.165) is 74.8 Å². The molecule has 172 valence electrons. The van der Waals surface area contributed by atoms with Crippen molar-refractivity contribution in [1.29, 1.82) is 0 Å². The van der Waals surface area contributed by atoms with Gasteiger partial charge in [0.2, 0.25) is 0 Å². The van der Waals surface area contributed by atoms with Crippen LogP contribution in [-0.4, -0.2) is 47.6 Å². The molecule has 2 aliphatic rings. The summed E-state index contributed by atoms with van der Waals surface area (Å²) >= 11 is 6.47. The standard InChI is InChI=1S/C25H33ClN4O2/c1-25(2)9-6-18(15-29-25)23(31)13-19-12-20(21(26)16-27-19)22-4-3-5-24(30-22)28-14-17-7-10-32-11-8-17/h3-5,12,16-18,29H,6-11,13-15H2,1-2H3,(H,28,30). The zero-order valence-corrected chi connectivity index (χ0v) is 19.8. The number of anilines is 1. The molecule has 0 aliphatic carbocycles. The van der Waals surface area contributed by atoms with Crippen molar-refractivity contribution in [2.24, 2.45) is 11.8 Å². The minimum atomic E-state index is 0.0415. The lowest BCUT2D eigenvalue weighted by molar-refractivity contribution is -0.123. The van der Waals surface area contributed by atoms with Crippen molar-refractivity contribution < 1.29 is 9.53 Å². The monoisotopic (exact) mass is 456 g/mol. The summed E-state index contributed by atoms with van der Waals surface area (Å²) in [5, 5.41) is 7.47. The second-order valence-electron chi connectivity index (χ2n) is 9.64. The SMILES string of the molecule is CC1(C)CCC(C(=O)Cc2cc(-c3cccc(NCC4CCOCC4)n3)c(Cl)cn2)CN1. The fourth-order valence-electron chi connectivity index (χ4n) is 4.38. The molecule has 0 amide bonds. The van der Waals surface area contributed by atoms with Crippen molar-refractivity contribution in [1.82, 2.24) is 15.3 Å². The van der Waals surface area contributed by atoms with Gasteiger partial charge in [0.1, 0.15) is 11.6 Å². The Labute approximate surface area is 195 Å². The predicted molar refractivity (Wildman–Crippen MR) is 128 cm³/mol. The first kappa shape index (κ1) is 23.1. The number of halogens is 1. The van der Waals surface area contributed by atoms with Gasteiger partial charge >= 0.3 is 0 Å². The van der Waals surface area contributed by atoms with Crippen LogP contribution in [0.15, 0.2) is 30.5 Å². The van der Waals surface area contributed by atoms with E-state index in [1.165, 1.54) is 0 Å². The van der Waals surface area contributed by atoms with Crippen LogP contribution in [-0.2, 0) is 16.0 Å². The average molecular weight is 457 g/mol. The quantitative estimate of drug-likeness (QED) is 0.637. The topological polar surface area (TPSA) is 76.1 Å². The van der Waals surface area contributed by atoms with Crippen molar-refractivity contribution in [2.75, 3.05) is 31.6 Å². The number of nitrogens with zero attached hydrogens (tertiary/aromatic N) is 2. The van der Waals surface area contributed by atoms with Gasteiger partial charge in [-0.2, -0.15) is 0 Å². The summed E-state index contributed by atoms with van der Waals surface area (Å²) in [6.07, 6.45) is 6.02. The molecule has 2 saturated heterocycles. The van der Waals surface area contributed by atoms with Gasteiger partial charge in [0.15, 0.2) is 0 Å². The molecule has 2 N–H and O–H groups in total. The fraction of sp³-hybridized carbons (Fsp3) is 0.560. The molecule has 2 fully saturated rings. The molecule has 0 spiro atoms. The second kappa shape index (κ2) is 10.3. The van der Waals surface area contributed by atoms with Crippen LogP contribution in [0.1, 0.15) is 45.2 Å². The van der Waals surface area contributed by atoms with E-state index in [4.69, 9.17) is 21.3 Å². The van der Waals surface area contributed by atoms with Gasteiger partial charge in [0, 0.05) is 61.6 Å². The number of hydrogen-bond donors (Lipinski definition) is 2. The number of aromatic nitrogens is 2. The minimum absolute atomic E-state index is 0.0415. The molecule has 6 nitrogen and oxygen atoms in total. The van der Waals surface area contributed by atoms with E-state index >= 15 is 0 Å². The number of Topliss-reactive ketones (excluding diaryl/α,β-unsaturated/α-hetero) is 1. The lowest BCUT2D eigenvalue weighted by Crippen LogP contribution is -2.48. The highest BCUT2D eigenvalue weighted by Crippen LogP contribution is 2.29. The van der Waals surface area contributed by atoms with Crippen molar-refractivity contribution in [3.8, 4) is 11.3 Å². The van der Waals surface area contributed by atoms with E-state index in [1.807, 2.05) is 24.3 Å². The molecular formula is C25H33ClN4O2. The number of hydrogen-bond acceptors (Lipinski definition) is 6. The second-order valence-corrected chi connectivity index (χ2v) is 10.1. The molecule has 0 saturated carbocycles. The van der Waals surface area contributed by atoms with Gasteiger partial charge in [0.05, 0.1) is 10.7 Å². The zero-order valence-electron chi connectivity index (χ0n) is 19.0. The van der Waals surface area contributed by atoms with E-state index in [1.54, 1.807) is 6.20 Å². The molecule has 7 heteroatoms. The molecule has 2 aromatic heterocycles. The maximum Gasteiger partial charge on any atom is 0.143 e. The smallest absolute Gasteiger partial charge is 0.143 e. The molecule has 0 bridgehead atoms. The number of carbonyl (C=O) groups is 1. The number of pyridine rings is 2. The number of ether oxygens (including phenoxy) is 1. The Morgan fingerprint density at radius 1 is 1.28 bits per heavy atom. The van der Waals surface area contributed by atoms with E-state index < -0.39 is 0 Å². The summed E-state index contributed by atoms with van der Waals surface area (Å²) in [6, 6.07) is 7.80. The van der Waals surface area contributed by atoms with Crippen LogP contribution in [0.5, 0.6) is 0 Å². The van der Waals surface area contributed by atoms with Crippen molar-refractivity contribution in [3.05, 3.63) is 41.2 Å². The Morgan fingerprint density at radius 3 is 2.84 bits per heavy atom. The van der Waals surface area contributed by atoms with Gasteiger partial charge in [-0.15, -0.1) is 0 Å². The van der Waals surface area contributed by atoms with Crippen LogP contribution < -0.4 is 10.6 Å².